The van der Waals surface area contributed by atoms with Gasteiger partial charge in [-0.05, 0) is 28.8 Å². The fourth-order valence-electron chi connectivity index (χ4n) is 1.26. The van der Waals surface area contributed by atoms with E-state index in [0.29, 0.717) is 24.2 Å². The highest BCUT2D eigenvalue weighted by Gasteiger charge is 2.04. The van der Waals surface area contributed by atoms with Gasteiger partial charge >= 0.3 is 6.01 Å². The van der Waals surface area contributed by atoms with Crippen LogP contribution in [0.25, 0.3) is 0 Å². The van der Waals surface area contributed by atoms with Gasteiger partial charge in [-0.1, -0.05) is 5.10 Å². The standard InChI is InChI=1S/C10H12ClN3OS/c11-4-1-9-13-14-10(15-9)12-5-2-8-3-6-16-7-8/h3,6-7H,1-2,4-5H2,(H,12,14). The third kappa shape index (κ3) is 3.21. The Balaban J connectivity index is 1.76. The number of hydrogen-bond acceptors (Lipinski definition) is 5. The summed E-state index contributed by atoms with van der Waals surface area (Å²) in [5.74, 6) is 1.07. The Morgan fingerprint density at radius 2 is 2.31 bits per heavy atom. The van der Waals surface area contributed by atoms with Gasteiger partial charge in [0.1, 0.15) is 0 Å². The van der Waals surface area contributed by atoms with E-state index in [9.17, 15) is 0 Å². The molecule has 0 bridgehead atoms. The average Bonchev–Trinajstić information content (AvgIpc) is 2.90. The van der Waals surface area contributed by atoms with Crippen LogP contribution in [-0.2, 0) is 12.8 Å². The molecule has 0 radical (unpaired) electrons. The van der Waals surface area contributed by atoms with Crippen LogP contribution in [0.15, 0.2) is 21.2 Å². The van der Waals surface area contributed by atoms with Gasteiger partial charge in [-0.25, -0.2) is 0 Å². The predicted molar refractivity (Wildman–Crippen MR) is 65.2 cm³/mol. The summed E-state index contributed by atoms with van der Waals surface area (Å²) in [5.41, 5.74) is 1.32. The van der Waals surface area contributed by atoms with Crippen molar-refractivity contribution in [3.05, 3.63) is 28.3 Å². The molecule has 0 aromatic carbocycles. The van der Waals surface area contributed by atoms with Gasteiger partial charge in [0.15, 0.2) is 0 Å². The fraction of sp³-hybridized carbons (Fsp3) is 0.400. The van der Waals surface area contributed by atoms with Crippen LogP contribution in [0.4, 0.5) is 6.01 Å². The lowest BCUT2D eigenvalue weighted by atomic mass is 10.2. The molecule has 0 fully saturated rings. The Labute approximate surface area is 103 Å². The molecule has 2 aromatic heterocycles. The normalized spacial score (nSPS) is 10.6. The molecule has 0 saturated carbocycles. The van der Waals surface area contributed by atoms with Crippen molar-refractivity contribution >= 4 is 29.0 Å². The van der Waals surface area contributed by atoms with Crippen molar-refractivity contribution in [3.8, 4) is 0 Å². The topological polar surface area (TPSA) is 51.0 Å². The maximum atomic E-state index is 5.57. The van der Waals surface area contributed by atoms with Gasteiger partial charge in [0.05, 0.1) is 0 Å². The van der Waals surface area contributed by atoms with Crippen LogP contribution < -0.4 is 5.32 Å². The van der Waals surface area contributed by atoms with Crippen LogP contribution in [-0.4, -0.2) is 22.6 Å². The minimum absolute atomic E-state index is 0.468. The zero-order valence-corrected chi connectivity index (χ0v) is 10.2. The molecule has 0 atom stereocenters. The van der Waals surface area contributed by atoms with Crippen molar-refractivity contribution < 1.29 is 4.42 Å². The summed E-state index contributed by atoms with van der Waals surface area (Å²) < 4.78 is 5.33. The van der Waals surface area contributed by atoms with E-state index < -0.39 is 0 Å². The third-order valence-electron chi connectivity index (χ3n) is 2.05. The zero-order chi connectivity index (χ0) is 11.2. The lowest BCUT2D eigenvalue weighted by Crippen LogP contribution is -2.04. The lowest BCUT2D eigenvalue weighted by Gasteiger charge is -1.98. The lowest BCUT2D eigenvalue weighted by molar-refractivity contribution is 0.512. The largest absolute Gasteiger partial charge is 0.408 e. The summed E-state index contributed by atoms with van der Waals surface area (Å²) in [6.07, 6.45) is 1.57. The molecule has 0 amide bonds. The first-order chi connectivity index (χ1) is 7.88. The number of anilines is 1. The Bertz CT molecular complexity index is 415. The van der Waals surface area contributed by atoms with E-state index in [1.54, 1.807) is 11.3 Å². The molecule has 0 aliphatic heterocycles. The Morgan fingerprint density at radius 3 is 3.06 bits per heavy atom. The van der Waals surface area contributed by atoms with E-state index in [-0.39, 0.29) is 0 Å². The van der Waals surface area contributed by atoms with Gasteiger partial charge in [0, 0.05) is 18.8 Å². The summed E-state index contributed by atoms with van der Waals surface area (Å²) >= 11 is 7.27. The van der Waals surface area contributed by atoms with Gasteiger partial charge < -0.3 is 9.73 Å². The Morgan fingerprint density at radius 1 is 1.38 bits per heavy atom. The second kappa shape index (κ2) is 5.86. The first-order valence-corrected chi connectivity index (χ1v) is 6.49. The molecule has 16 heavy (non-hydrogen) atoms. The molecule has 1 N–H and O–H groups in total. The predicted octanol–water partition coefficient (Wildman–Crippen LogP) is 2.57. The number of halogens is 1. The van der Waals surface area contributed by atoms with Gasteiger partial charge in [-0.15, -0.1) is 16.7 Å². The number of nitrogens with zero attached hydrogens (tertiary/aromatic N) is 2. The highest BCUT2D eigenvalue weighted by Crippen LogP contribution is 2.09. The van der Waals surface area contributed by atoms with Crippen LogP contribution in [0.1, 0.15) is 11.5 Å². The minimum Gasteiger partial charge on any atom is -0.408 e. The molecular formula is C10H12ClN3OS. The third-order valence-corrected chi connectivity index (χ3v) is 2.97. The summed E-state index contributed by atoms with van der Waals surface area (Å²) in [5, 5.41) is 15.0. The number of hydrogen-bond donors (Lipinski definition) is 1. The molecule has 86 valence electrons. The van der Waals surface area contributed by atoms with Crippen molar-refractivity contribution in [1.29, 1.82) is 0 Å². The molecular weight excluding hydrogens is 246 g/mol. The molecule has 0 spiro atoms. The van der Waals surface area contributed by atoms with E-state index in [1.807, 2.05) is 0 Å². The van der Waals surface area contributed by atoms with Gasteiger partial charge in [-0.3, -0.25) is 0 Å². The molecule has 0 saturated heterocycles. The molecule has 0 aliphatic rings. The van der Waals surface area contributed by atoms with Crippen LogP contribution in [0.5, 0.6) is 0 Å². The van der Waals surface area contributed by atoms with Gasteiger partial charge in [0.25, 0.3) is 0 Å². The summed E-state index contributed by atoms with van der Waals surface area (Å²) in [6, 6.07) is 2.58. The van der Waals surface area contributed by atoms with E-state index in [0.717, 1.165) is 13.0 Å². The van der Waals surface area contributed by atoms with E-state index in [2.05, 4.69) is 32.3 Å². The molecule has 2 rings (SSSR count). The minimum atomic E-state index is 0.468. The summed E-state index contributed by atoms with van der Waals surface area (Å²) in [4.78, 5) is 0. The van der Waals surface area contributed by atoms with Crippen molar-refractivity contribution in [1.82, 2.24) is 10.2 Å². The quantitative estimate of drug-likeness (QED) is 0.808. The van der Waals surface area contributed by atoms with Crippen molar-refractivity contribution in [2.24, 2.45) is 0 Å². The van der Waals surface area contributed by atoms with E-state index >= 15 is 0 Å². The molecule has 2 heterocycles. The van der Waals surface area contributed by atoms with Crippen LogP contribution in [0.3, 0.4) is 0 Å². The molecule has 0 aliphatic carbocycles. The maximum absolute atomic E-state index is 5.57. The van der Waals surface area contributed by atoms with Gasteiger partial charge in [-0.2, -0.15) is 11.3 Å². The van der Waals surface area contributed by atoms with Crippen LogP contribution in [0, 0.1) is 0 Å². The summed E-state index contributed by atoms with van der Waals surface area (Å²) in [7, 11) is 0. The Kier molecular flexibility index (Phi) is 4.18. The monoisotopic (exact) mass is 257 g/mol. The van der Waals surface area contributed by atoms with Gasteiger partial charge in [0.2, 0.25) is 5.89 Å². The average molecular weight is 258 g/mol. The van der Waals surface area contributed by atoms with Crippen LogP contribution in [0.2, 0.25) is 0 Å². The maximum Gasteiger partial charge on any atom is 0.315 e. The Hall–Kier alpha value is -1.07. The molecule has 6 heteroatoms. The second-order valence-electron chi connectivity index (χ2n) is 3.25. The second-order valence-corrected chi connectivity index (χ2v) is 4.41. The first-order valence-electron chi connectivity index (χ1n) is 5.02. The number of alkyl halides is 1. The number of thiophene rings is 1. The SMILES string of the molecule is ClCCc1nnc(NCCc2ccsc2)o1. The molecule has 2 aromatic rings. The molecule has 4 nitrogen and oxygen atoms in total. The summed E-state index contributed by atoms with van der Waals surface area (Å²) in [6.45, 7) is 0.791. The number of aromatic nitrogens is 2. The van der Waals surface area contributed by atoms with Crippen molar-refractivity contribution in [3.63, 3.8) is 0 Å². The van der Waals surface area contributed by atoms with E-state index in [1.165, 1.54) is 5.56 Å². The molecule has 0 unspecified atom stereocenters. The number of aryl methyl sites for hydroxylation is 1. The van der Waals surface area contributed by atoms with E-state index in [4.69, 9.17) is 16.0 Å². The first kappa shape index (κ1) is 11.4. The number of nitrogens with one attached hydrogen (secondary N) is 1. The van der Waals surface area contributed by atoms with Crippen molar-refractivity contribution in [2.45, 2.75) is 12.8 Å². The number of rotatable bonds is 6. The highest BCUT2D eigenvalue weighted by atomic mass is 35.5. The van der Waals surface area contributed by atoms with Crippen LogP contribution >= 0.6 is 22.9 Å². The fourth-order valence-corrected chi connectivity index (χ4v) is 2.12. The highest BCUT2D eigenvalue weighted by molar-refractivity contribution is 7.07. The smallest absolute Gasteiger partial charge is 0.315 e. The van der Waals surface area contributed by atoms with Crippen molar-refractivity contribution in [2.75, 3.05) is 17.7 Å². The zero-order valence-electron chi connectivity index (χ0n) is 8.65.